The summed E-state index contributed by atoms with van der Waals surface area (Å²) < 4.78 is 36.7. The van der Waals surface area contributed by atoms with Crippen molar-refractivity contribution < 1.29 is 23.3 Å². The van der Waals surface area contributed by atoms with Gasteiger partial charge in [0.2, 0.25) is 0 Å². The number of methoxy groups -OCH3 is 2. The van der Waals surface area contributed by atoms with Crippen molar-refractivity contribution in [3.8, 4) is 5.75 Å². The minimum atomic E-state index is -1.27. The van der Waals surface area contributed by atoms with Gasteiger partial charge in [-0.3, -0.25) is 0 Å². The number of nitrogens with zero attached hydrogens (tertiary/aromatic N) is 1. The number of rotatable bonds is 10. The van der Waals surface area contributed by atoms with Crippen LogP contribution in [0.2, 0.25) is 0 Å². The van der Waals surface area contributed by atoms with E-state index in [1.54, 1.807) is 19.2 Å². The molecule has 1 aliphatic rings. The maximum Gasteiger partial charge on any atom is 0.267 e. The molecule has 10 heteroatoms. The van der Waals surface area contributed by atoms with Crippen molar-refractivity contribution in [3.05, 3.63) is 52.3 Å². The molecule has 1 atom stereocenters. The lowest BCUT2D eigenvalue weighted by molar-refractivity contribution is 0.0188. The summed E-state index contributed by atoms with van der Waals surface area (Å²) in [6.07, 6.45) is 1.51. The summed E-state index contributed by atoms with van der Waals surface area (Å²) in [7, 11) is 3.14. The Morgan fingerprint density at radius 1 is 1.10 bits per heavy atom. The third-order valence-corrected chi connectivity index (χ3v) is 4.77. The maximum atomic E-state index is 14.3. The lowest BCUT2D eigenvalue weighted by atomic mass is 10.1. The van der Waals surface area contributed by atoms with Gasteiger partial charge >= 0.3 is 0 Å². The van der Waals surface area contributed by atoms with Crippen LogP contribution in [0.1, 0.15) is 5.56 Å². The third-order valence-electron chi connectivity index (χ3n) is 4.28. The molecule has 0 amide bonds. The predicted octanol–water partition coefficient (Wildman–Crippen LogP) is 4.37. The van der Waals surface area contributed by atoms with Gasteiger partial charge in [0.1, 0.15) is 18.2 Å². The second kappa shape index (κ2) is 11.5. The first kappa shape index (κ1) is 24.4. The normalized spacial score (nSPS) is 16.9. The Hall–Kier alpha value is -1.91. The summed E-state index contributed by atoms with van der Waals surface area (Å²) in [5, 5.41) is 6.14. The van der Waals surface area contributed by atoms with E-state index in [0.717, 1.165) is 5.69 Å². The molecule has 2 aromatic rings. The zero-order valence-electron chi connectivity index (χ0n) is 16.6. The second-order valence-corrected chi connectivity index (χ2v) is 7.08. The van der Waals surface area contributed by atoms with Gasteiger partial charge in [-0.2, -0.15) is 0 Å². The van der Waals surface area contributed by atoms with Gasteiger partial charge in [-0.1, -0.05) is 15.9 Å². The summed E-state index contributed by atoms with van der Waals surface area (Å²) in [5.41, 5.74) is 1.71. The number of fused-ring (bicyclic) bond motifs is 1. The van der Waals surface area contributed by atoms with Crippen LogP contribution < -0.4 is 15.4 Å². The molecule has 0 saturated carbocycles. The minimum absolute atomic E-state index is 0. The van der Waals surface area contributed by atoms with Crippen molar-refractivity contribution in [3.63, 3.8) is 0 Å². The molecule has 0 spiro atoms. The first-order chi connectivity index (χ1) is 14.1. The first-order valence-corrected chi connectivity index (χ1v) is 9.80. The quantitative estimate of drug-likeness (QED) is 0.370. The van der Waals surface area contributed by atoms with Gasteiger partial charge in [0.25, 0.3) is 5.85 Å². The molecule has 0 bridgehead atoms. The van der Waals surface area contributed by atoms with Crippen LogP contribution >= 0.6 is 28.3 Å². The Labute approximate surface area is 189 Å². The largest absolute Gasteiger partial charge is 0.491 e. The third kappa shape index (κ3) is 5.83. The zero-order chi connectivity index (χ0) is 20.7. The Bertz CT molecular complexity index is 874. The topological polar surface area (TPSA) is 73.3 Å². The van der Waals surface area contributed by atoms with Gasteiger partial charge < -0.3 is 29.6 Å². The van der Waals surface area contributed by atoms with Gasteiger partial charge in [-0.25, -0.2) is 9.38 Å². The van der Waals surface area contributed by atoms with Crippen LogP contribution in [0.5, 0.6) is 5.75 Å². The molecular weight excluding hydrogens is 481 g/mol. The molecule has 30 heavy (non-hydrogen) atoms. The molecule has 2 aromatic carbocycles. The molecule has 1 unspecified atom stereocenters. The molecule has 2 N–H and O–H groups in total. The van der Waals surface area contributed by atoms with Gasteiger partial charge in [0.05, 0.1) is 43.1 Å². The molecule has 1 aliphatic heterocycles. The molecule has 0 aliphatic carbocycles. The summed E-state index contributed by atoms with van der Waals surface area (Å²) in [4.78, 5) is 4.39. The lowest BCUT2D eigenvalue weighted by Crippen LogP contribution is -2.39. The van der Waals surface area contributed by atoms with E-state index in [2.05, 4.69) is 31.6 Å². The number of anilines is 2. The molecule has 164 valence electrons. The molecule has 7 nitrogen and oxygen atoms in total. The van der Waals surface area contributed by atoms with Crippen molar-refractivity contribution in [1.82, 2.24) is 0 Å². The van der Waals surface area contributed by atoms with Crippen molar-refractivity contribution in [2.75, 3.05) is 51.3 Å². The fourth-order valence-electron chi connectivity index (χ4n) is 2.84. The van der Waals surface area contributed by atoms with Gasteiger partial charge in [-0.15, -0.1) is 12.4 Å². The Kier molecular flexibility index (Phi) is 9.32. The van der Waals surface area contributed by atoms with Crippen LogP contribution in [0.25, 0.3) is 0 Å². The predicted molar refractivity (Wildman–Crippen MR) is 120 cm³/mol. The van der Waals surface area contributed by atoms with Crippen molar-refractivity contribution in [2.45, 2.75) is 5.85 Å². The second-order valence-electron chi connectivity index (χ2n) is 6.16. The van der Waals surface area contributed by atoms with Crippen LogP contribution in [0.4, 0.5) is 15.8 Å². The maximum absolute atomic E-state index is 14.3. The Morgan fingerprint density at radius 3 is 2.63 bits per heavy atom. The molecule has 0 saturated heterocycles. The average Bonchev–Trinajstić information content (AvgIpc) is 2.72. The van der Waals surface area contributed by atoms with Crippen molar-refractivity contribution in [2.24, 2.45) is 4.99 Å². The molecule has 0 aromatic heterocycles. The van der Waals surface area contributed by atoms with E-state index >= 15 is 0 Å². The SMILES string of the molecule is COCCOCCOc1ccc2c(c1)NC=NC2(Nc1ccc(Br)cc1F)OC.Cl. The summed E-state index contributed by atoms with van der Waals surface area (Å²) >= 11 is 3.26. The highest BCUT2D eigenvalue weighted by molar-refractivity contribution is 9.10. The fourth-order valence-corrected chi connectivity index (χ4v) is 3.17. The van der Waals surface area contributed by atoms with Crippen LogP contribution in [-0.2, 0) is 20.1 Å². The number of hydrogen-bond acceptors (Lipinski definition) is 7. The Balaban J connectivity index is 0.00000320. The van der Waals surface area contributed by atoms with E-state index in [4.69, 9.17) is 18.9 Å². The molecule has 3 rings (SSSR count). The average molecular weight is 505 g/mol. The highest BCUT2D eigenvalue weighted by Gasteiger charge is 2.36. The van der Waals surface area contributed by atoms with E-state index < -0.39 is 11.7 Å². The molecule has 0 radical (unpaired) electrons. The van der Waals surface area contributed by atoms with Gasteiger partial charge in [-0.05, 0) is 30.3 Å². The highest BCUT2D eigenvalue weighted by Crippen LogP contribution is 2.38. The number of ether oxygens (including phenoxy) is 4. The molecule has 1 heterocycles. The van der Waals surface area contributed by atoms with Crippen LogP contribution in [0, 0.1) is 5.82 Å². The van der Waals surface area contributed by atoms with Crippen LogP contribution in [0.15, 0.2) is 45.9 Å². The minimum Gasteiger partial charge on any atom is -0.491 e. The van der Waals surface area contributed by atoms with E-state index in [1.807, 2.05) is 18.2 Å². The summed E-state index contributed by atoms with van der Waals surface area (Å²) in [6.45, 7) is 1.94. The van der Waals surface area contributed by atoms with E-state index in [-0.39, 0.29) is 18.1 Å². The van der Waals surface area contributed by atoms with Gasteiger partial charge in [0, 0.05) is 24.8 Å². The zero-order valence-corrected chi connectivity index (χ0v) is 19.0. The molecule has 0 fully saturated rings. The van der Waals surface area contributed by atoms with Crippen molar-refractivity contribution in [1.29, 1.82) is 0 Å². The number of aliphatic imine (C=N–C) groups is 1. The number of hydrogen-bond donors (Lipinski definition) is 2. The van der Waals surface area contributed by atoms with Crippen LogP contribution in [-0.4, -0.2) is 47.0 Å². The smallest absolute Gasteiger partial charge is 0.267 e. The summed E-state index contributed by atoms with van der Waals surface area (Å²) in [6, 6.07) is 10.2. The standard InChI is InChI=1S/C20H23BrFN3O4.ClH/c1-26-7-8-28-9-10-29-15-4-5-16-19(12-15)23-13-24-20(16,27-2)25-18-6-3-14(21)11-17(18)22;/h3-6,11-13,25H,7-10H2,1-2H3,(H,23,24);1H. The molecular formula is C20H24BrClFN3O4. The van der Waals surface area contributed by atoms with Gasteiger partial charge in [0.15, 0.2) is 0 Å². The highest BCUT2D eigenvalue weighted by atomic mass is 79.9. The van der Waals surface area contributed by atoms with E-state index in [9.17, 15) is 4.39 Å². The monoisotopic (exact) mass is 503 g/mol. The number of benzene rings is 2. The number of halogens is 3. The first-order valence-electron chi connectivity index (χ1n) is 9.00. The Morgan fingerprint density at radius 2 is 1.90 bits per heavy atom. The van der Waals surface area contributed by atoms with Crippen LogP contribution in [0.3, 0.4) is 0 Å². The van der Waals surface area contributed by atoms with Crippen molar-refractivity contribution >= 4 is 46.1 Å². The van der Waals surface area contributed by atoms with E-state index in [1.165, 1.54) is 19.5 Å². The van der Waals surface area contributed by atoms with E-state index in [0.29, 0.717) is 42.2 Å². The fraction of sp³-hybridized carbons (Fsp3) is 0.350. The lowest BCUT2D eigenvalue weighted by Gasteiger charge is -2.34. The number of nitrogens with one attached hydrogen (secondary N) is 2. The summed E-state index contributed by atoms with van der Waals surface area (Å²) in [5.74, 6) is -1.02.